The Morgan fingerprint density at radius 2 is 1.71 bits per heavy atom. The Bertz CT molecular complexity index is 1300. The van der Waals surface area contributed by atoms with Crippen molar-refractivity contribution < 1.29 is 24.5 Å². The van der Waals surface area contributed by atoms with Crippen LogP contribution in [0.4, 0.5) is 0 Å². The average Bonchev–Trinajstić information content (AvgIpc) is 3.26. The molecule has 1 aliphatic carbocycles. The fourth-order valence-electron chi connectivity index (χ4n) is 4.96. The first kappa shape index (κ1) is 24.6. The van der Waals surface area contributed by atoms with Crippen LogP contribution in [0.3, 0.4) is 0 Å². The van der Waals surface area contributed by atoms with E-state index < -0.39 is 30.0 Å². The lowest BCUT2D eigenvalue weighted by Crippen LogP contribution is -2.33. The van der Waals surface area contributed by atoms with Crippen molar-refractivity contribution in [2.24, 2.45) is 0 Å². The highest BCUT2D eigenvalue weighted by Gasteiger charge is 2.26. The van der Waals surface area contributed by atoms with Crippen molar-refractivity contribution in [3.63, 3.8) is 0 Å². The topological polar surface area (TPSA) is 129 Å². The highest BCUT2D eigenvalue weighted by Crippen LogP contribution is 2.32. The highest BCUT2D eigenvalue weighted by molar-refractivity contribution is 5.94. The first-order valence-corrected chi connectivity index (χ1v) is 11.9. The molecule has 4 N–H and O–H groups in total. The van der Waals surface area contributed by atoms with E-state index >= 15 is 0 Å². The molecular formula is C27H30N2O6. The van der Waals surface area contributed by atoms with E-state index in [0.29, 0.717) is 17.5 Å². The van der Waals surface area contributed by atoms with Gasteiger partial charge in [-0.2, -0.15) is 0 Å². The molecule has 0 saturated heterocycles. The molecule has 0 radical (unpaired) electrons. The summed E-state index contributed by atoms with van der Waals surface area (Å²) < 4.78 is 5.16. The number of fused-ring (bicyclic) bond motifs is 2. The Balaban J connectivity index is 1.52. The Hall–Kier alpha value is -3.49. The van der Waals surface area contributed by atoms with Gasteiger partial charge in [-0.1, -0.05) is 32.0 Å². The standard InChI is InChI=1S/C27H30N2O6/c1-3-15-5-6-16(4-2)21-12-17(11-20(15)21)28-14-22(30)18-7-9-23(35-26(34)13-25(32)33)27-19(18)8-10-24(31)29-27/h5-10,17,22,28,30H,3-4,11-14H2,1-2H3,(H,29,31)(H,32,33). The quantitative estimate of drug-likeness (QED) is 0.211. The first-order chi connectivity index (χ1) is 16.8. The number of aromatic amines is 1. The maximum absolute atomic E-state index is 11.9. The van der Waals surface area contributed by atoms with E-state index in [2.05, 4.69) is 36.3 Å². The summed E-state index contributed by atoms with van der Waals surface area (Å²) in [4.78, 5) is 37.2. The van der Waals surface area contributed by atoms with Gasteiger partial charge in [0.1, 0.15) is 6.42 Å². The number of esters is 1. The number of hydrogen-bond donors (Lipinski definition) is 4. The largest absolute Gasteiger partial charge is 0.481 e. The van der Waals surface area contributed by atoms with Crippen LogP contribution in [0.2, 0.25) is 0 Å². The lowest BCUT2D eigenvalue weighted by Gasteiger charge is -2.19. The molecule has 3 aromatic rings. The molecule has 1 atom stereocenters. The van der Waals surface area contributed by atoms with E-state index in [1.165, 1.54) is 34.4 Å². The summed E-state index contributed by atoms with van der Waals surface area (Å²) in [5, 5.41) is 23.8. The van der Waals surface area contributed by atoms with Crippen LogP contribution in [-0.2, 0) is 35.3 Å². The first-order valence-electron chi connectivity index (χ1n) is 11.9. The molecule has 0 bridgehead atoms. The van der Waals surface area contributed by atoms with Crippen molar-refractivity contribution in [2.45, 2.75) is 58.1 Å². The number of carbonyl (C=O) groups excluding carboxylic acids is 1. The molecule has 1 aromatic heterocycles. The number of aromatic nitrogens is 1. The number of aliphatic hydroxyl groups excluding tert-OH is 1. The average molecular weight is 479 g/mol. The molecule has 0 spiro atoms. The number of carboxylic acids is 1. The highest BCUT2D eigenvalue weighted by atomic mass is 16.5. The van der Waals surface area contributed by atoms with Gasteiger partial charge in [-0.3, -0.25) is 14.4 Å². The SMILES string of the molecule is CCc1ccc(CC)c2c1CC(NCC(O)c1ccc(OC(=O)CC(=O)O)c3[nH]c(=O)ccc13)C2. The van der Waals surface area contributed by atoms with Crippen molar-refractivity contribution >= 4 is 22.8 Å². The van der Waals surface area contributed by atoms with Gasteiger partial charge >= 0.3 is 11.9 Å². The number of H-pyrrole nitrogens is 1. The molecular weight excluding hydrogens is 448 g/mol. The van der Waals surface area contributed by atoms with Gasteiger partial charge in [0.15, 0.2) is 5.75 Å². The lowest BCUT2D eigenvalue weighted by molar-refractivity contribution is -0.145. The summed E-state index contributed by atoms with van der Waals surface area (Å²) >= 11 is 0. The number of aryl methyl sites for hydroxylation is 2. The monoisotopic (exact) mass is 478 g/mol. The summed E-state index contributed by atoms with van der Waals surface area (Å²) in [6.45, 7) is 4.65. The zero-order valence-corrected chi connectivity index (χ0v) is 19.9. The van der Waals surface area contributed by atoms with Gasteiger partial charge < -0.3 is 25.3 Å². The number of aliphatic carboxylic acids is 1. The van der Waals surface area contributed by atoms with Crippen LogP contribution in [-0.4, -0.2) is 39.7 Å². The van der Waals surface area contributed by atoms with E-state index in [1.54, 1.807) is 12.1 Å². The molecule has 1 unspecified atom stereocenters. The molecule has 4 rings (SSSR count). The lowest BCUT2D eigenvalue weighted by atomic mass is 9.96. The second-order valence-electron chi connectivity index (χ2n) is 8.89. The van der Waals surface area contributed by atoms with Gasteiger partial charge in [-0.05, 0) is 65.6 Å². The van der Waals surface area contributed by atoms with Gasteiger partial charge in [0.05, 0.1) is 11.6 Å². The number of ether oxygens (including phenoxy) is 1. The fourth-order valence-corrected chi connectivity index (χ4v) is 4.96. The minimum Gasteiger partial charge on any atom is -0.481 e. The fraction of sp³-hybridized carbons (Fsp3) is 0.370. The molecule has 0 amide bonds. The molecule has 184 valence electrons. The maximum Gasteiger partial charge on any atom is 0.322 e. The summed E-state index contributed by atoms with van der Waals surface area (Å²) in [6, 6.07) is 10.7. The summed E-state index contributed by atoms with van der Waals surface area (Å²) in [5.41, 5.74) is 6.01. The number of rotatable bonds is 9. The van der Waals surface area contributed by atoms with Gasteiger partial charge in [0.25, 0.3) is 0 Å². The Labute approximate surface area is 202 Å². The third-order valence-corrected chi connectivity index (χ3v) is 6.66. The van der Waals surface area contributed by atoms with Gasteiger partial charge in [-0.15, -0.1) is 0 Å². The Morgan fingerprint density at radius 1 is 1.06 bits per heavy atom. The van der Waals surface area contributed by atoms with Crippen molar-refractivity contribution in [1.29, 1.82) is 0 Å². The van der Waals surface area contributed by atoms with Gasteiger partial charge in [0, 0.05) is 24.0 Å². The smallest absolute Gasteiger partial charge is 0.322 e. The molecule has 1 heterocycles. The number of carbonyl (C=O) groups is 2. The number of hydrogen-bond acceptors (Lipinski definition) is 6. The number of pyridine rings is 1. The summed E-state index contributed by atoms with van der Waals surface area (Å²) in [7, 11) is 0. The van der Waals surface area contributed by atoms with E-state index in [0.717, 1.165) is 25.7 Å². The second-order valence-corrected chi connectivity index (χ2v) is 8.89. The van der Waals surface area contributed by atoms with E-state index in [4.69, 9.17) is 9.84 Å². The Kier molecular flexibility index (Phi) is 7.33. The number of benzene rings is 2. The molecule has 8 nitrogen and oxygen atoms in total. The summed E-state index contributed by atoms with van der Waals surface area (Å²) in [6.07, 6.45) is 2.17. The molecule has 1 aliphatic rings. The van der Waals surface area contributed by atoms with Crippen LogP contribution in [0.5, 0.6) is 5.75 Å². The summed E-state index contributed by atoms with van der Waals surface area (Å²) in [5.74, 6) is -2.22. The number of nitrogens with one attached hydrogen (secondary N) is 2. The zero-order chi connectivity index (χ0) is 25.1. The van der Waals surface area contributed by atoms with Crippen LogP contribution in [0, 0.1) is 0 Å². The maximum atomic E-state index is 11.9. The van der Waals surface area contributed by atoms with Crippen molar-refractivity contribution in [3.05, 3.63) is 74.6 Å². The predicted molar refractivity (Wildman–Crippen MR) is 132 cm³/mol. The van der Waals surface area contributed by atoms with Gasteiger partial charge in [-0.25, -0.2) is 0 Å². The Morgan fingerprint density at radius 3 is 2.31 bits per heavy atom. The van der Waals surface area contributed by atoms with E-state index in [1.807, 2.05) is 0 Å². The normalized spacial score (nSPS) is 14.1. The predicted octanol–water partition coefficient (Wildman–Crippen LogP) is 2.82. The van der Waals surface area contributed by atoms with Crippen LogP contribution in [0.15, 0.2) is 41.2 Å². The molecule has 35 heavy (non-hydrogen) atoms. The zero-order valence-electron chi connectivity index (χ0n) is 19.9. The van der Waals surface area contributed by atoms with E-state index in [-0.39, 0.29) is 17.3 Å². The molecule has 2 aromatic carbocycles. The minimum atomic E-state index is -1.31. The number of aliphatic hydroxyl groups is 1. The minimum absolute atomic E-state index is 0.0401. The van der Waals surface area contributed by atoms with Crippen LogP contribution in [0.25, 0.3) is 10.9 Å². The molecule has 0 aliphatic heterocycles. The molecule has 8 heteroatoms. The third kappa shape index (κ3) is 5.28. The van der Waals surface area contributed by atoms with Crippen molar-refractivity contribution in [3.8, 4) is 5.75 Å². The van der Waals surface area contributed by atoms with Crippen molar-refractivity contribution in [1.82, 2.24) is 10.3 Å². The van der Waals surface area contributed by atoms with Crippen molar-refractivity contribution in [2.75, 3.05) is 6.54 Å². The van der Waals surface area contributed by atoms with Crippen LogP contribution >= 0.6 is 0 Å². The van der Waals surface area contributed by atoms with Crippen LogP contribution < -0.4 is 15.6 Å². The van der Waals surface area contributed by atoms with E-state index in [9.17, 15) is 19.5 Å². The second kappa shape index (κ2) is 10.4. The van der Waals surface area contributed by atoms with Gasteiger partial charge in [0.2, 0.25) is 5.56 Å². The molecule has 0 fully saturated rings. The molecule has 0 saturated carbocycles. The number of carboxylic acid groups (broad SMARTS) is 1. The third-order valence-electron chi connectivity index (χ3n) is 6.66. The van der Waals surface area contributed by atoms with Crippen LogP contribution in [0.1, 0.15) is 54.2 Å².